The van der Waals surface area contributed by atoms with Crippen LogP contribution < -0.4 is 5.32 Å². The van der Waals surface area contributed by atoms with E-state index < -0.39 is 5.82 Å². The number of aliphatic imine (C=N–C) groups is 1. The third-order valence-corrected chi connectivity index (χ3v) is 3.52. The van der Waals surface area contributed by atoms with Crippen LogP contribution in [-0.4, -0.2) is 35.1 Å². The summed E-state index contributed by atoms with van der Waals surface area (Å²) in [6.07, 6.45) is 4.15. The first-order chi connectivity index (χ1) is 9.93. The van der Waals surface area contributed by atoms with Crippen LogP contribution in [0.2, 0.25) is 5.28 Å². The molecule has 1 aliphatic rings. The maximum Gasteiger partial charge on any atom is 0.223 e. The Labute approximate surface area is 127 Å². The SMILES string of the molecule is CNC1N=CC(c2nc(Cl)ncc2F)=CC1C(=N)C(C)C. The highest BCUT2D eigenvalue weighted by Gasteiger charge is 2.27. The summed E-state index contributed by atoms with van der Waals surface area (Å²) in [6.45, 7) is 3.89. The average molecular weight is 310 g/mol. The molecule has 1 aromatic rings. The summed E-state index contributed by atoms with van der Waals surface area (Å²) in [4.78, 5) is 11.9. The molecule has 2 heterocycles. The Morgan fingerprint density at radius 1 is 1.48 bits per heavy atom. The van der Waals surface area contributed by atoms with E-state index >= 15 is 0 Å². The molecule has 0 amide bonds. The number of hydrogen-bond donors (Lipinski definition) is 2. The van der Waals surface area contributed by atoms with Crippen LogP contribution in [0.5, 0.6) is 0 Å². The van der Waals surface area contributed by atoms with E-state index in [1.807, 2.05) is 13.8 Å². The van der Waals surface area contributed by atoms with Gasteiger partial charge in [0.1, 0.15) is 11.9 Å². The molecular weight excluding hydrogens is 293 g/mol. The lowest BCUT2D eigenvalue weighted by Gasteiger charge is -2.27. The van der Waals surface area contributed by atoms with Crippen molar-refractivity contribution >= 4 is 29.1 Å². The number of nitrogens with one attached hydrogen (secondary N) is 2. The molecule has 0 aliphatic carbocycles. The van der Waals surface area contributed by atoms with Gasteiger partial charge >= 0.3 is 0 Å². The zero-order chi connectivity index (χ0) is 15.6. The normalized spacial score (nSPS) is 21.5. The molecule has 21 heavy (non-hydrogen) atoms. The number of dihydropyridines is 1. The molecule has 0 spiro atoms. The Kier molecular flexibility index (Phi) is 4.80. The lowest BCUT2D eigenvalue weighted by molar-refractivity contribution is 0.518. The lowest BCUT2D eigenvalue weighted by Crippen LogP contribution is -2.39. The molecule has 0 fully saturated rings. The van der Waals surface area contributed by atoms with Gasteiger partial charge in [0.2, 0.25) is 5.28 Å². The maximum absolute atomic E-state index is 13.9. The van der Waals surface area contributed by atoms with Crippen molar-refractivity contribution < 1.29 is 4.39 Å². The summed E-state index contributed by atoms with van der Waals surface area (Å²) in [5.41, 5.74) is 1.15. The van der Waals surface area contributed by atoms with Crippen LogP contribution in [0.3, 0.4) is 0 Å². The van der Waals surface area contributed by atoms with Gasteiger partial charge in [-0.25, -0.2) is 14.4 Å². The van der Waals surface area contributed by atoms with Crippen molar-refractivity contribution in [1.29, 1.82) is 5.41 Å². The summed E-state index contributed by atoms with van der Waals surface area (Å²) in [5, 5.41) is 11.2. The molecule has 112 valence electrons. The first-order valence-corrected chi connectivity index (χ1v) is 7.00. The molecule has 0 radical (unpaired) electrons. The van der Waals surface area contributed by atoms with Crippen molar-refractivity contribution in [1.82, 2.24) is 15.3 Å². The van der Waals surface area contributed by atoms with Crippen molar-refractivity contribution in [3.8, 4) is 0 Å². The van der Waals surface area contributed by atoms with E-state index in [1.54, 1.807) is 19.3 Å². The zero-order valence-corrected chi connectivity index (χ0v) is 12.8. The van der Waals surface area contributed by atoms with Gasteiger partial charge in [-0.3, -0.25) is 10.3 Å². The van der Waals surface area contributed by atoms with E-state index in [4.69, 9.17) is 17.0 Å². The van der Waals surface area contributed by atoms with Crippen LogP contribution in [0.1, 0.15) is 19.5 Å². The minimum absolute atomic E-state index is 0.0214. The molecule has 7 heteroatoms. The van der Waals surface area contributed by atoms with Gasteiger partial charge in [0.05, 0.1) is 12.1 Å². The highest BCUT2D eigenvalue weighted by atomic mass is 35.5. The van der Waals surface area contributed by atoms with Gasteiger partial charge in [-0.15, -0.1) is 0 Å². The second-order valence-corrected chi connectivity index (χ2v) is 5.44. The minimum atomic E-state index is -0.560. The van der Waals surface area contributed by atoms with Crippen LogP contribution in [0.25, 0.3) is 5.57 Å². The monoisotopic (exact) mass is 309 g/mol. The summed E-state index contributed by atoms with van der Waals surface area (Å²) in [5.74, 6) is -0.728. The lowest BCUT2D eigenvalue weighted by atomic mass is 9.88. The van der Waals surface area contributed by atoms with Gasteiger partial charge in [0, 0.05) is 17.5 Å². The molecule has 0 saturated heterocycles. The summed E-state index contributed by atoms with van der Waals surface area (Å²) in [6, 6.07) is 0. The maximum atomic E-state index is 13.9. The number of halogens is 2. The Hall–Kier alpha value is -1.66. The highest BCUT2D eigenvalue weighted by molar-refractivity contribution is 6.28. The molecule has 0 aromatic carbocycles. The predicted molar refractivity (Wildman–Crippen MR) is 82.4 cm³/mol. The van der Waals surface area contributed by atoms with Crippen molar-refractivity contribution in [3.63, 3.8) is 0 Å². The third kappa shape index (κ3) is 3.33. The molecule has 2 atom stereocenters. The number of allylic oxidation sites excluding steroid dienone is 1. The molecule has 2 N–H and O–H groups in total. The van der Waals surface area contributed by atoms with Gasteiger partial charge in [0.15, 0.2) is 5.82 Å². The van der Waals surface area contributed by atoms with Crippen molar-refractivity contribution in [2.75, 3.05) is 7.05 Å². The van der Waals surface area contributed by atoms with Gasteiger partial charge in [0.25, 0.3) is 0 Å². The number of rotatable bonds is 4. The predicted octanol–water partition coefficient (Wildman–Crippen LogP) is 2.57. The van der Waals surface area contributed by atoms with Crippen LogP contribution in [0, 0.1) is 23.1 Å². The summed E-state index contributed by atoms with van der Waals surface area (Å²) >= 11 is 5.73. The van der Waals surface area contributed by atoms with Crippen molar-refractivity contribution in [2.45, 2.75) is 20.0 Å². The molecule has 5 nitrogen and oxygen atoms in total. The van der Waals surface area contributed by atoms with Gasteiger partial charge in [-0.05, 0) is 24.6 Å². The van der Waals surface area contributed by atoms with Crippen molar-refractivity contribution in [3.05, 3.63) is 29.1 Å². The van der Waals surface area contributed by atoms with E-state index in [0.717, 1.165) is 6.20 Å². The Bertz CT molecular complexity index is 611. The average Bonchev–Trinajstić information content (AvgIpc) is 2.48. The second-order valence-electron chi connectivity index (χ2n) is 5.11. The van der Waals surface area contributed by atoms with Gasteiger partial charge in [-0.2, -0.15) is 0 Å². The molecule has 0 saturated carbocycles. The molecule has 1 aromatic heterocycles. The highest BCUT2D eigenvalue weighted by Crippen LogP contribution is 2.25. The Balaban J connectivity index is 2.42. The van der Waals surface area contributed by atoms with Crippen LogP contribution in [-0.2, 0) is 0 Å². The fraction of sp³-hybridized carbons (Fsp3) is 0.429. The number of nitrogens with zero attached hydrogens (tertiary/aromatic N) is 3. The largest absolute Gasteiger partial charge is 0.309 e. The first-order valence-electron chi connectivity index (χ1n) is 6.63. The third-order valence-electron chi connectivity index (χ3n) is 3.34. The van der Waals surface area contributed by atoms with E-state index in [9.17, 15) is 4.39 Å². The first kappa shape index (κ1) is 15.7. The fourth-order valence-electron chi connectivity index (χ4n) is 2.17. The van der Waals surface area contributed by atoms with Crippen LogP contribution in [0.15, 0.2) is 17.3 Å². The topological polar surface area (TPSA) is 74.0 Å². The fourth-order valence-corrected chi connectivity index (χ4v) is 2.30. The van der Waals surface area contributed by atoms with Crippen LogP contribution in [0.4, 0.5) is 4.39 Å². The minimum Gasteiger partial charge on any atom is -0.309 e. The second kappa shape index (κ2) is 6.41. The zero-order valence-electron chi connectivity index (χ0n) is 12.1. The smallest absolute Gasteiger partial charge is 0.223 e. The van der Waals surface area contributed by atoms with E-state index in [-0.39, 0.29) is 29.0 Å². The molecule has 1 aliphatic heterocycles. The molecule has 2 unspecified atom stereocenters. The molecular formula is C14H17ClFN5. The standard InChI is InChI=1S/C14H17ClFN5/c1-7(2)11(17)9-4-8(5-19-13(9)18-3)12-10(16)6-20-14(15)21-12/h4-7,9,13,17-18H,1-3H3. The van der Waals surface area contributed by atoms with Gasteiger partial charge < -0.3 is 5.41 Å². The molecule has 0 bridgehead atoms. The van der Waals surface area contributed by atoms with E-state index in [0.29, 0.717) is 11.3 Å². The summed E-state index contributed by atoms with van der Waals surface area (Å²) in [7, 11) is 1.78. The van der Waals surface area contributed by atoms with E-state index in [2.05, 4.69) is 20.3 Å². The Morgan fingerprint density at radius 3 is 2.81 bits per heavy atom. The number of hydrogen-bond acceptors (Lipinski definition) is 5. The van der Waals surface area contributed by atoms with E-state index in [1.165, 1.54) is 0 Å². The van der Waals surface area contributed by atoms with Crippen molar-refractivity contribution in [2.24, 2.45) is 16.8 Å². The van der Waals surface area contributed by atoms with Gasteiger partial charge in [-0.1, -0.05) is 19.9 Å². The quantitative estimate of drug-likeness (QED) is 0.663. The summed E-state index contributed by atoms with van der Waals surface area (Å²) < 4.78 is 13.9. The Morgan fingerprint density at radius 2 is 2.19 bits per heavy atom. The molecule has 2 rings (SSSR count). The number of aromatic nitrogens is 2. The van der Waals surface area contributed by atoms with Crippen LogP contribution >= 0.6 is 11.6 Å².